The lowest BCUT2D eigenvalue weighted by Gasteiger charge is -2.06. The Morgan fingerprint density at radius 1 is 1.19 bits per heavy atom. The summed E-state index contributed by atoms with van der Waals surface area (Å²) in [5.41, 5.74) is 2.48. The largest absolute Gasteiger partial charge is 0.335 e. The minimum atomic E-state index is 0.378. The third-order valence-electron chi connectivity index (χ3n) is 3.35. The molecule has 1 aliphatic heterocycles. The van der Waals surface area contributed by atoms with Gasteiger partial charge in [-0.2, -0.15) is 0 Å². The van der Waals surface area contributed by atoms with Crippen LogP contribution in [0.25, 0.3) is 0 Å². The van der Waals surface area contributed by atoms with Crippen LogP contribution in [0, 0.1) is 0 Å². The van der Waals surface area contributed by atoms with Gasteiger partial charge in [0.1, 0.15) is 0 Å². The van der Waals surface area contributed by atoms with Crippen molar-refractivity contribution in [1.29, 1.82) is 0 Å². The van der Waals surface area contributed by atoms with E-state index in [4.69, 9.17) is 4.99 Å². The number of nitrogens with one attached hydrogen (secondary N) is 1. The number of anilines is 1. The number of thioether (sulfide) groups is 2. The number of amidine groups is 1. The van der Waals surface area contributed by atoms with Crippen LogP contribution in [0.3, 0.4) is 0 Å². The maximum Gasteiger partial charge on any atom is 0.161 e. The molecule has 4 heteroatoms. The third kappa shape index (κ3) is 4.05. The Morgan fingerprint density at radius 2 is 2.05 bits per heavy atom. The Bertz CT molecular complexity index is 626. The summed E-state index contributed by atoms with van der Waals surface area (Å²) in [4.78, 5) is 6.06. The van der Waals surface area contributed by atoms with Gasteiger partial charge in [-0.1, -0.05) is 48.2 Å². The first kappa shape index (κ1) is 14.5. The predicted molar refractivity (Wildman–Crippen MR) is 95.7 cm³/mol. The molecular formula is C17H18N2S2. The first-order chi connectivity index (χ1) is 10.3. The van der Waals surface area contributed by atoms with Crippen molar-refractivity contribution in [3.8, 4) is 0 Å². The van der Waals surface area contributed by atoms with Gasteiger partial charge in [-0.05, 0) is 36.4 Å². The van der Waals surface area contributed by atoms with Gasteiger partial charge in [0, 0.05) is 16.3 Å². The van der Waals surface area contributed by atoms with Gasteiger partial charge >= 0.3 is 0 Å². The molecule has 0 spiro atoms. The fourth-order valence-corrected chi connectivity index (χ4v) is 3.71. The fraction of sp³-hybridized carbons (Fsp3) is 0.235. The zero-order valence-corrected chi connectivity index (χ0v) is 13.6. The van der Waals surface area contributed by atoms with E-state index in [1.165, 1.54) is 10.5 Å². The van der Waals surface area contributed by atoms with Crippen LogP contribution >= 0.6 is 23.5 Å². The second kappa shape index (κ2) is 7.05. The molecule has 0 fully saturated rings. The summed E-state index contributed by atoms with van der Waals surface area (Å²) in [6, 6.07) is 19.4. The molecule has 0 saturated heterocycles. The molecular weight excluding hydrogens is 296 g/mol. The van der Waals surface area contributed by atoms with Crippen LogP contribution in [-0.2, 0) is 6.42 Å². The van der Waals surface area contributed by atoms with Crippen molar-refractivity contribution >= 4 is 34.4 Å². The second-order valence-electron chi connectivity index (χ2n) is 4.95. The van der Waals surface area contributed by atoms with Crippen molar-refractivity contribution in [3.63, 3.8) is 0 Å². The first-order valence-electron chi connectivity index (χ1n) is 6.99. The minimum absolute atomic E-state index is 0.378. The van der Waals surface area contributed by atoms with Gasteiger partial charge in [0.15, 0.2) is 5.17 Å². The number of nitrogens with zero attached hydrogens (tertiary/aromatic N) is 1. The Labute approximate surface area is 134 Å². The van der Waals surface area contributed by atoms with Crippen LogP contribution < -0.4 is 5.32 Å². The van der Waals surface area contributed by atoms with E-state index in [2.05, 4.69) is 66.2 Å². The molecule has 3 rings (SSSR count). The summed E-state index contributed by atoms with van der Waals surface area (Å²) >= 11 is 3.57. The third-order valence-corrected chi connectivity index (χ3v) is 5.11. The van der Waals surface area contributed by atoms with Gasteiger partial charge in [0.05, 0.1) is 6.04 Å². The van der Waals surface area contributed by atoms with E-state index < -0.39 is 0 Å². The number of hydrogen-bond acceptors (Lipinski definition) is 4. The van der Waals surface area contributed by atoms with Crippen LogP contribution in [0.4, 0.5) is 5.69 Å². The summed E-state index contributed by atoms with van der Waals surface area (Å²) in [5.74, 6) is 1.06. The molecule has 21 heavy (non-hydrogen) atoms. The molecule has 1 aliphatic rings. The highest BCUT2D eigenvalue weighted by Gasteiger charge is 2.18. The maximum atomic E-state index is 4.80. The predicted octanol–water partition coefficient (Wildman–Crippen LogP) is 4.53. The van der Waals surface area contributed by atoms with Gasteiger partial charge in [-0.15, -0.1) is 11.8 Å². The molecule has 0 aromatic heterocycles. The summed E-state index contributed by atoms with van der Waals surface area (Å²) in [6.45, 7) is 0. The number of aliphatic imine (C=N–C) groups is 1. The summed E-state index contributed by atoms with van der Waals surface area (Å²) in [5, 5.41) is 4.47. The Hall–Kier alpha value is -1.39. The van der Waals surface area contributed by atoms with E-state index in [-0.39, 0.29) is 0 Å². The highest BCUT2D eigenvalue weighted by Crippen LogP contribution is 2.24. The summed E-state index contributed by atoms with van der Waals surface area (Å²) < 4.78 is 0. The van der Waals surface area contributed by atoms with Crippen LogP contribution in [0.2, 0.25) is 0 Å². The van der Waals surface area contributed by atoms with Crippen LogP contribution in [0.15, 0.2) is 64.5 Å². The number of hydrogen-bond donors (Lipinski definition) is 1. The van der Waals surface area contributed by atoms with Crippen LogP contribution in [0.1, 0.15) is 5.56 Å². The summed E-state index contributed by atoms with van der Waals surface area (Å²) in [6.07, 6.45) is 3.11. The van der Waals surface area contributed by atoms with Crippen molar-refractivity contribution in [2.75, 3.05) is 17.3 Å². The lowest BCUT2D eigenvalue weighted by molar-refractivity contribution is 0.762. The Balaban J connectivity index is 1.63. The van der Waals surface area contributed by atoms with E-state index in [9.17, 15) is 0 Å². The zero-order chi connectivity index (χ0) is 14.5. The molecule has 0 aliphatic carbocycles. The molecule has 1 unspecified atom stereocenters. The topological polar surface area (TPSA) is 24.4 Å². The monoisotopic (exact) mass is 314 g/mol. The van der Waals surface area contributed by atoms with Gasteiger partial charge < -0.3 is 5.32 Å². The van der Waals surface area contributed by atoms with E-state index >= 15 is 0 Å². The molecule has 2 aromatic carbocycles. The second-order valence-corrected chi connectivity index (χ2v) is 6.83. The standard InChI is InChI=1S/C17H18N2S2/c1-20-16-9-5-8-14(11-16)18-17-19-15(12-21-17)10-13-6-3-2-4-7-13/h2-9,11,15H,10,12H2,1H3,(H,18,19). The zero-order valence-electron chi connectivity index (χ0n) is 12.0. The average molecular weight is 314 g/mol. The lowest BCUT2D eigenvalue weighted by Crippen LogP contribution is -2.08. The smallest absolute Gasteiger partial charge is 0.161 e. The van der Waals surface area contributed by atoms with Crippen LogP contribution in [0.5, 0.6) is 0 Å². The molecule has 1 heterocycles. The molecule has 0 radical (unpaired) electrons. The molecule has 0 saturated carbocycles. The van der Waals surface area contributed by atoms with Crippen molar-refractivity contribution in [1.82, 2.24) is 0 Å². The molecule has 0 amide bonds. The normalized spacial score (nSPS) is 17.6. The molecule has 1 N–H and O–H groups in total. The first-order valence-corrected chi connectivity index (χ1v) is 9.20. The van der Waals surface area contributed by atoms with Gasteiger partial charge in [-0.25, -0.2) is 0 Å². The molecule has 2 aromatic rings. The van der Waals surface area contributed by atoms with Crippen LogP contribution in [-0.4, -0.2) is 23.2 Å². The Kier molecular flexibility index (Phi) is 4.88. The SMILES string of the molecule is CSc1cccc(NC2=NC(Cc3ccccc3)CS2)c1. The van der Waals surface area contributed by atoms with Gasteiger partial charge in [-0.3, -0.25) is 4.99 Å². The summed E-state index contributed by atoms with van der Waals surface area (Å²) in [7, 11) is 0. The maximum absolute atomic E-state index is 4.80. The average Bonchev–Trinajstić information content (AvgIpc) is 2.95. The van der Waals surface area contributed by atoms with E-state index in [0.29, 0.717) is 6.04 Å². The van der Waals surface area contributed by atoms with Crippen molar-refractivity contribution in [2.24, 2.45) is 4.99 Å². The number of benzene rings is 2. The number of rotatable bonds is 4. The highest BCUT2D eigenvalue weighted by atomic mass is 32.2. The van der Waals surface area contributed by atoms with Crippen molar-refractivity contribution in [3.05, 3.63) is 60.2 Å². The van der Waals surface area contributed by atoms with E-state index in [1.54, 1.807) is 11.8 Å². The quantitative estimate of drug-likeness (QED) is 0.839. The van der Waals surface area contributed by atoms with Crippen molar-refractivity contribution in [2.45, 2.75) is 17.4 Å². The molecule has 0 bridgehead atoms. The van der Waals surface area contributed by atoms with Crippen molar-refractivity contribution < 1.29 is 0 Å². The van der Waals surface area contributed by atoms with Gasteiger partial charge in [0.2, 0.25) is 0 Å². The fourth-order valence-electron chi connectivity index (χ4n) is 2.30. The molecule has 2 nitrogen and oxygen atoms in total. The van der Waals surface area contributed by atoms with Gasteiger partial charge in [0.25, 0.3) is 0 Å². The molecule has 1 atom stereocenters. The van der Waals surface area contributed by atoms with E-state index in [1.807, 2.05) is 11.8 Å². The minimum Gasteiger partial charge on any atom is -0.335 e. The highest BCUT2D eigenvalue weighted by molar-refractivity contribution is 8.14. The Morgan fingerprint density at radius 3 is 2.86 bits per heavy atom. The molecule has 108 valence electrons. The van der Waals surface area contributed by atoms with E-state index in [0.717, 1.165) is 23.0 Å². The lowest BCUT2D eigenvalue weighted by atomic mass is 10.1.